The highest BCUT2D eigenvalue weighted by atomic mass is 35.5. The average Bonchev–Trinajstić information content (AvgIpc) is 2.74. The number of nitrogens with one attached hydrogen (secondary N) is 2. The van der Waals surface area contributed by atoms with E-state index in [9.17, 15) is 9.59 Å². The van der Waals surface area contributed by atoms with Crippen molar-refractivity contribution in [3.8, 4) is 5.75 Å². The molecule has 0 aromatic heterocycles. The van der Waals surface area contributed by atoms with E-state index in [0.29, 0.717) is 28.6 Å². The third kappa shape index (κ3) is 5.83. The molecule has 0 saturated carbocycles. The second-order valence-electron chi connectivity index (χ2n) is 6.42. The van der Waals surface area contributed by atoms with Crippen molar-refractivity contribution in [2.24, 2.45) is 0 Å². The molecule has 2 amide bonds. The van der Waals surface area contributed by atoms with Crippen molar-refractivity contribution < 1.29 is 14.3 Å². The van der Waals surface area contributed by atoms with E-state index in [4.69, 9.17) is 16.3 Å². The largest absolute Gasteiger partial charge is 0.481 e. The van der Waals surface area contributed by atoms with Crippen LogP contribution in [0.3, 0.4) is 0 Å². The van der Waals surface area contributed by atoms with E-state index in [1.165, 1.54) is 0 Å². The molecule has 0 saturated heterocycles. The minimum atomic E-state index is -0.753. The van der Waals surface area contributed by atoms with Crippen molar-refractivity contribution in [1.82, 2.24) is 5.32 Å². The molecule has 0 aliphatic rings. The first-order chi connectivity index (χ1) is 14.0. The highest BCUT2D eigenvalue weighted by Gasteiger charge is 2.18. The lowest BCUT2D eigenvalue weighted by molar-refractivity contribution is -0.122. The lowest BCUT2D eigenvalue weighted by Gasteiger charge is -2.16. The molecule has 0 fully saturated rings. The Morgan fingerprint density at radius 2 is 1.59 bits per heavy atom. The molecular weight excluding hydrogens is 388 g/mol. The van der Waals surface area contributed by atoms with Gasteiger partial charge in [0.05, 0.1) is 11.3 Å². The maximum absolute atomic E-state index is 12.6. The van der Waals surface area contributed by atoms with Crippen LogP contribution < -0.4 is 15.4 Å². The Morgan fingerprint density at radius 1 is 0.931 bits per heavy atom. The van der Waals surface area contributed by atoms with Crippen LogP contribution in [-0.2, 0) is 11.3 Å². The molecule has 3 aromatic carbocycles. The normalized spacial score (nSPS) is 11.4. The van der Waals surface area contributed by atoms with Crippen molar-refractivity contribution in [2.45, 2.75) is 19.6 Å². The fourth-order valence-corrected chi connectivity index (χ4v) is 2.79. The highest BCUT2D eigenvalue weighted by molar-refractivity contribution is 6.30. The van der Waals surface area contributed by atoms with Crippen LogP contribution in [0.25, 0.3) is 0 Å². The van der Waals surface area contributed by atoms with E-state index >= 15 is 0 Å². The summed E-state index contributed by atoms with van der Waals surface area (Å²) < 4.78 is 5.64. The molecule has 0 aliphatic heterocycles. The number of amides is 2. The van der Waals surface area contributed by atoms with Gasteiger partial charge in [0.15, 0.2) is 6.10 Å². The van der Waals surface area contributed by atoms with Gasteiger partial charge in [-0.1, -0.05) is 54.1 Å². The Morgan fingerprint density at radius 3 is 2.31 bits per heavy atom. The van der Waals surface area contributed by atoms with Gasteiger partial charge in [-0.2, -0.15) is 0 Å². The van der Waals surface area contributed by atoms with E-state index in [0.717, 1.165) is 5.56 Å². The maximum atomic E-state index is 12.6. The molecule has 1 atom stereocenters. The summed E-state index contributed by atoms with van der Waals surface area (Å²) in [5.74, 6) is -0.0924. The lowest BCUT2D eigenvalue weighted by atomic mass is 10.1. The third-order valence-electron chi connectivity index (χ3n) is 4.22. The van der Waals surface area contributed by atoms with Gasteiger partial charge in [0.2, 0.25) is 0 Å². The molecule has 0 radical (unpaired) electrons. The van der Waals surface area contributed by atoms with Crippen LogP contribution in [0.15, 0.2) is 78.9 Å². The van der Waals surface area contributed by atoms with E-state index in [-0.39, 0.29) is 11.8 Å². The van der Waals surface area contributed by atoms with Gasteiger partial charge < -0.3 is 15.4 Å². The Hall–Kier alpha value is -3.31. The topological polar surface area (TPSA) is 67.4 Å². The second kappa shape index (κ2) is 9.75. The summed E-state index contributed by atoms with van der Waals surface area (Å²) in [5, 5.41) is 6.23. The van der Waals surface area contributed by atoms with Crippen molar-refractivity contribution in [3.63, 3.8) is 0 Å². The molecular formula is C23H21ClN2O3. The van der Waals surface area contributed by atoms with Crippen molar-refractivity contribution >= 4 is 29.1 Å². The average molecular weight is 409 g/mol. The number of benzene rings is 3. The monoisotopic (exact) mass is 408 g/mol. The molecule has 29 heavy (non-hydrogen) atoms. The summed E-state index contributed by atoms with van der Waals surface area (Å²) in [6, 6.07) is 23.2. The predicted octanol–water partition coefficient (Wildman–Crippen LogP) is 4.68. The molecule has 0 heterocycles. The number of halogens is 1. The Labute approximate surface area is 174 Å². The molecule has 3 aromatic rings. The van der Waals surface area contributed by atoms with Gasteiger partial charge in [-0.3, -0.25) is 9.59 Å². The maximum Gasteiger partial charge on any atom is 0.265 e. The number of hydrogen-bond acceptors (Lipinski definition) is 3. The summed E-state index contributed by atoms with van der Waals surface area (Å²) in [6.45, 7) is 2.04. The van der Waals surface area contributed by atoms with Gasteiger partial charge in [-0.15, -0.1) is 0 Å². The predicted molar refractivity (Wildman–Crippen MR) is 114 cm³/mol. The summed E-state index contributed by atoms with van der Waals surface area (Å²) in [4.78, 5) is 25.2. The van der Waals surface area contributed by atoms with Gasteiger partial charge in [0.25, 0.3) is 11.8 Å². The Bertz CT molecular complexity index is 975. The van der Waals surface area contributed by atoms with Gasteiger partial charge in [0, 0.05) is 11.6 Å². The number of carbonyl (C=O) groups excluding carboxylic acids is 2. The molecule has 3 rings (SSSR count). The number of rotatable bonds is 7. The van der Waals surface area contributed by atoms with Gasteiger partial charge >= 0.3 is 0 Å². The third-order valence-corrected chi connectivity index (χ3v) is 4.47. The first-order valence-corrected chi connectivity index (χ1v) is 9.55. The van der Waals surface area contributed by atoms with Crippen LogP contribution in [0.5, 0.6) is 5.75 Å². The Kier molecular flexibility index (Phi) is 6.87. The van der Waals surface area contributed by atoms with Gasteiger partial charge in [-0.25, -0.2) is 0 Å². The fourth-order valence-electron chi connectivity index (χ4n) is 2.67. The number of para-hydroxylation sites is 1. The minimum absolute atomic E-state index is 0.268. The first kappa shape index (κ1) is 20.4. The van der Waals surface area contributed by atoms with Gasteiger partial charge in [-0.05, 0) is 48.9 Å². The smallest absolute Gasteiger partial charge is 0.265 e. The van der Waals surface area contributed by atoms with E-state index in [1.807, 2.05) is 30.3 Å². The summed E-state index contributed by atoms with van der Waals surface area (Å²) in [5.41, 5.74) is 1.80. The number of anilines is 1. The number of ether oxygens (including phenoxy) is 1. The molecule has 148 valence electrons. The first-order valence-electron chi connectivity index (χ1n) is 9.17. The molecule has 0 spiro atoms. The molecule has 1 unspecified atom stereocenters. The lowest BCUT2D eigenvalue weighted by Crippen LogP contribution is -2.31. The van der Waals surface area contributed by atoms with Crippen LogP contribution in [0.1, 0.15) is 22.8 Å². The van der Waals surface area contributed by atoms with Crippen LogP contribution in [0.4, 0.5) is 5.69 Å². The van der Waals surface area contributed by atoms with E-state index in [1.54, 1.807) is 55.5 Å². The van der Waals surface area contributed by atoms with Gasteiger partial charge in [0.1, 0.15) is 5.75 Å². The van der Waals surface area contributed by atoms with Crippen LogP contribution in [0.2, 0.25) is 5.02 Å². The standard InChI is InChI=1S/C23H21ClN2O3/c1-16(29-19-13-11-18(24)12-14-19)22(27)26-21-10-6-5-9-20(21)23(28)25-15-17-7-3-2-4-8-17/h2-14,16H,15H2,1H3,(H,25,28)(H,26,27). The van der Waals surface area contributed by atoms with Crippen LogP contribution in [0, 0.1) is 0 Å². The van der Waals surface area contributed by atoms with Crippen LogP contribution in [-0.4, -0.2) is 17.9 Å². The molecule has 2 N–H and O–H groups in total. The zero-order valence-electron chi connectivity index (χ0n) is 15.9. The zero-order valence-corrected chi connectivity index (χ0v) is 16.6. The summed E-state index contributed by atoms with van der Waals surface area (Å²) >= 11 is 5.86. The van der Waals surface area contributed by atoms with E-state index < -0.39 is 6.10 Å². The minimum Gasteiger partial charge on any atom is -0.481 e. The highest BCUT2D eigenvalue weighted by Crippen LogP contribution is 2.19. The number of hydrogen-bond donors (Lipinski definition) is 2. The second-order valence-corrected chi connectivity index (χ2v) is 6.85. The quantitative estimate of drug-likeness (QED) is 0.596. The van der Waals surface area contributed by atoms with Crippen molar-refractivity contribution in [1.29, 1.82) is 0 Å². The summed E-state index contributed by atoms with van der Waals surface area (Å²) in [7, 11) is 0. The zero-order chi connectivity index (χ0) is 20.6. The molecule has 6 heteroatoms. The fraction of sp³-hybridized carbons (Fsp3) is 0.130. The SMILES string of the molecule is CC(Oc1ccc(Cl)cc1)C(=O)Nc1ccccc1C(=O)NCc1ccccc1. The molecule has 0 aliphatic carbocycles. The van der Waals surface area contributed by atoms with Crippen LogP contribution >= 0.6 is 11.6 Å². The molecule has 5 nitrogen and oxygen atoms in total. The van der Waals surface area contributed by atoms with Crippen molar-refractivity contribution in [2.75, 3.05) is 5.32 Å². The summed E-state index contributed by atoms with van der Waals surface area (Å²) in [6.07, 6.45) is -0.753. The molecule has 0 bridgehead atoms. The number of carbonyl (C=O) groups is 2. The Balaban J connectivity index is 1.63. The van der Waals surface area contributed by atoms with E-state index in [2.05, 4.69) is 10.6 Å². The van der Waals surface area contributed by atoms with Crippen molar-refractivity contribution in [3.05, 3.63) is 95.0 Å².